The molecule has 0 aliphatic rings. The van der Waals surface area contributed by atoms with Crippen molar-refractivity contribution in [3.05, 3.63) is 35.9 Å². The molecule has 0 fully saturated rings. The summed E-state index contributed by atoms with van der Waals surface area (Å²) in [7, 11) is 0. The first kappa shape index (κ1) is 15.7. The van der Waals surface area contributed by atoms with Crippen molar-refractivity contribution in [2.45, 2.75) is 39.5 Å². The normalized spacial score (nSPS) is 12.7. The molecule has 1 N–H and O–H groups in total. The third kappa shape index (κ3) is 6.36. The van der Waals surface area contributed by atoms with Crippen LogP contribution in [-0.4, -0.2) is 41.2 Å². The first-order valence-electron chi connectivity index (χ1n) is 6.60. The van der Waals surface area contributed by atoms with Gasteiger partial charge in [0.2, 0.25) is 0 Å². The van der Waals surface area contributed by atoms with Gasteiger partial charge in [-0.05, 0) is 26.3 Å². The number of aliphatic hydroxyl groups is 1. The SMILES string of the molecule is CC(O)CN(CC(=O)OCc1ccccc1)C(C)C. The third-order valence-corrected chi connectivity index (χ3v) is 2.80. The van der Waals surface area contributed by atoms with Crippen LogP contribution >= 0.6 is 0 Å². The van der Waals surface area contributed by atoms with E-state index in [0.717, 1.165) is 5.56 Å². The Morgan fingerprint density at radius 1 is 1.26 bits per heavy atom. The summed E-state index contributed by atoms with van der Waals surface area (Å²) in [5, 5.41) is 9.40. The molecule has 1 aromatic carbocycles. The van der Waals surface area contributed by atoms with E-state index in [2.05, 4.69) is 0 Å². The van der Waals surface area contributed by atoms with Crippen LogP contribution in [0, 0.1) is 0 Å². The Morgan fingerprint density at radius 3 is 2.42 bits per heavy atom. The van der Waals surface area contributed by atoms with Gasteiger partial charge in [-0.1, -0.05) is 30.3 Å². The highest BCUT2D eigenvalue weighted by Gasteiger charge is 2.16. The van der Waals surface area contributed by atoms with E-state index in [0.29, 0.717) is 13.2 Å². The fourth-order valence-electron chi connectivity index (χ4n) is 1.75. The van der Waals surface area contributed by atoms with E-state index in [4.69, 9.17) is 4.74 Å². The second kappa shape index (κ2) is 7.92. The molecule has 0 spiro atoms. The molecule has 0 bridgehead atoms. The minimum Gasteiger partial charge on any atom is -0.460 e. The molecular weight excluding hydrogens is 242 g/mol. The minimum atomic E-state index is -0.454. The Hall–Kier alpha value is -1.39. The Bertz CT molecular complexity index is 376. The average molecular weight is 265 g/mol. The summed E-state index contributed by atoms with van der Waals surface area (Å²) in [6.45, 7) is 6.66. The summed E-state index contributed by atoms with van der Waals surface area (Å²) in [5.74, 6) is -0.266. The van der Waals surface area contributed by atoms with Crippen LogP contribution in [0.5, 0.6) is 0 Å². The second-order valence-electron chi connectivity index (χ2n) is 5.02. The topological polar surface area (TPSA) is 49.8 Å². The van der Waals surface area contributed by atoms with Crippen LogP contribution in [0.25, 0.3) is 0 Å². The molecule has 0 amide bonds. The number of rotatable bonds is 7. The molecule has 0 saturated heterocycles. The molecule has 1 unspecified atom stereocenters. The van der Waals surface area contributed by atoms with Gasteiger partial charge in [-0.2, -0.15) is 0 Å². The predicted octanol–water partition coefficient (Wildman–Crippen LogP) is 1.82. The van der Waals surface area contributed by atoms with Gasteiger partial charge in [0.15, 0.2) is 0 Å². The molecule has 0 aliphatic carbocycles. The number of benzene rings is 1. The highest BCUT2D eigenvalue weighted by Crippen LogP contribution is 2.04. The largest absolute Gasteiger partial charge is 0.460 e. The van der Waals surface area contributed by atoms with Gasteiger partial charge in [0.05, 0.1) is 12.6 Å². The lowest BCUT2D eigenvalue weighted by Crippen LogP contribution is -2.40. The molecule has 19 heavy (non-hydrogen) atoms. The number of nitrogens with zero attached hydrogens (tertiary/aromatic N) is 1. The molecule has 0 aromatic heterocycles. The minimum absolute atomic E-state index is 0.193. The zero-order valence-electron chi connectivity index (χ0n) is 11.9. The fraction of sp³-hybridized carbons (Fsp3) is 0.533. The highest BCUT2D eigenvalue weighted by atomic mass is 16.5. The van der Waals surface area contributed by atoms with Crippen LogP contribution in [0.3, 0.4) is 0 Å². The van der Waals surface area contributed by atoms with Crippen molar-refractivity contribution in [1.29, 1.82) is 0 Å². The predicted molar refractivity (Wildman–Crippen MR) is 74.6 cm³/mol. The van der Waals surface area contributed by atoms with Crippen molar-refractivity contribution in [3.63, 3.8) is 0 Å². The third-order valence-electron chi connectivity index (χ3n) is 2.80. The van der Waals surface area contributed by atoms with E-state index in [1.807, 2.05) is 49.1 Å². The van der Waals surface area contributed by atoms with Gasteiger partial charge in [-0.25, -0.2) is 0 Å². The Morgan fingerprint density at radius 2 is 1.89 bits per heavy atom. The summed E-state index contributed by atoms with van der Waals surface area (Å²) in [5.41, 5.74) is 0.975. The fourth-order valence-corrected chi connectivity index (χ4v) is 1.75. The average Bonchev–Trinajstić information content (AvgIpc) is 2.36. The molecule has 106 valence electrons. The molecule has 1 rings (SSSR count). The zero-order chi connectivity index (χ0) is 14.3. The zero-order valence-corrected chi connectivity index (χ0v) is 11.9. The van der Waals surface area contributed by atoms with Crippen molar-refractivity contribution >= 4 is 5.97 Å². The number of esters is 1. The van der Waals surface area contributed by atoms with E-state index >= 15 is 0 Å². The summed E-state index contributed by atoms with van der Waals surface area (Å²) in [6, 6.07) is 9.79. The Labute approximate surface area is 115 Å². The van der Waals surface area contributed by atoms with Gasteiger partial charge in [0.1, 0.15) is 6.61 Å². The second-order valence-corrected chi connectivity index (χ2v) is 5.02. The van der Waals surface area contributed by atoms with E-state index in [1.165, 1.54) is 0 Å². The van der Waals surface area contributed by atoms with E-state index in [-0.39, 0.29) is 18.6 Å². The lowest BCUT2D eigenvalue weighted by atomic mass is 10.2. The van der Waals surface area contributed by atoms with Crippen molar-refractivity contribution in [2.24, 2.45) is 0 Å². The Balaban J connectivity index is 2.40. The maximum Gasteiger partial charge on any atom is 0.320 e. The van der Waals surface area contributed by atoms with Crippen LogP contribution in [0.2, 0.25) is 0 Å². The van der Waals surface area contributed by atoms with Crippen molar-refractivity contribution in [1.82, 2.24) is 4.90 Å². The van der Waals surface area contributed by atoms with Crippen molar-refractivity contribution in [2.75, 3.05) is 13.1 Å². The lowest BCUT2D eigenvalue weighted by molar-refractivity contribution is -0.147. The monoisotopic (exact) mass is 265 g/mol. The molecule has 0 heterocycles. The number of aliphatic hydroxyl groups excluding tert-OH is 1. The van der Waals surface area contributed by atoms with E-state index in [9.17, 15) is 9.90 Å². The van der Waals surface area contributed by atoms with Crippen LogP contribution in [0.15, 0.2) is 30.3 Å². The van der Waals surface area contributed by atoms with Gasteiger partial charge in [-0.15, -0.1) is 0 Å². The number of hydrogen-bond acceptors (Lipinski definition) is 4. The summed E-state index contributed by atoms with van der Waals surface area (Å²) in [6.07, 6.45) is -0.454. The van der Waals surface area contributed by atoms with Crippen LogP contribution in [-0.2, 0) is 16.1 Å². The number of carbonyl (C=O) groups excluding carboxylic acids is 1. The quantitative estimate of drug-likeness (QED) is 0.764. The first-order valence-corrected chi connectivity index (χ1v) is 6.60. The van der Waals surface area contributed by atoms with Gasteiger partial charge in [0.25, 0.3) is 0 Å². The summed E-state index contributed by atoms with van der Waals surface area (Å²) >= 11 is 0. The molecule has 4 nitrogen and oxygen atoms in total. The molecule has 0 aliphatic heterocycles. The van der Waals surface area contributed by atoms with Gasteiger partial charge in [0, 0.05) is 12.6 Å². The number of hydrogen-bond donors (Lipinski definition) is 1. The summed E-state index contributed by atoms with van der Waals surface area (Å²) < 4.78 is 5.23. The molecule has 1 aromatic rings. The molecular formula is C15H23NO3. The van der Waals surface area contributed by atoms with Gasteiger partial charge >= 0.3 is 5.97 Å². The molecule has 4 heteroatoms. The van der Waals surface area contributed by atoms with Crippen LogP contribution in [0.4, 0.5) is 0 Å². The number of carbonyl (C=O) groups is 1. The maximum atomic E-state index is 11.8. The van der Waals surface area contributed by atoms with E-state index in [1.54, 1.807) is 6.92 Å². The maximum absolute atomic E-state index is 11.8. The molecule has 0 saturated carbocycles. The number of ether oxygens (including phenoxy) is 1. The molecule has 0 radical (unpaired) electrons. The van der Waals surface area contributed by atoms with Crippen molar-refractivity contribution < 1.29 is 14.6 Å². The van der Waals surface area contributed by atoms with Gasteiger partial charge < -0.3 is 9.84 Å². The van der Waals surface area contributed by atoms with Gasteiger partial charge in [-0.3, -0.25) is 9.69 Å². The van der Waals surface area contributed by atoms with Crippen molar-refractivity contribution in [3.8, 4) is 0 Å². The smallest absolute Gasteiger partial charge is 0.320 e. The lowest BCUT2D eigenvalue weighted by Gasteiger charge is -2.26. The highest BCUT2D eigenvalue weighted by molar-refractivity contribution is 5.71. The first-order chi connectivity index (χ1) is 8.99. The Kier molecular flexibility index (Phi) is 6.53. The van der Waals surface area contributed by atoms with E-state index < -0.39 is 6.10 Å². The van der Waals surface area contributed by atoms with Crippen LogP contribution < -0.4 is 0 Å². The summed E-state index contributed by atoms with van der Waals surface area (Å²) in [4.78, 5) is 13.7. The molecule has 1 atom stereocenters. The van der Waals surface area contributed by atoms with Crippen LogP contribution in [0.1, 0.15) is 26.3 Å². The standard InChI is InChI=1S/C15H23NO3/c1-12(2)16(9-13(3)17)10-15(18)19-11-14-7-5-4-6-8-14/h4-8,12-13,17H,9-11H2,1-3H3.